The Morgan fingerprint density at radius 3 is 0.944 bits per heavy atom. The summed E-state index contributed by atoms with van der Waals surface area (Å²) < 4.78 is 324. The lowest BCUT2D eigenvalue weighted by Gasteiger charge is -2.47. The highest BCUT2D eigenvalue weighted by Gasteiger charge is 2.47. The van der Waals surface area contributed by atoms with Crippen LogP contribution < -0.4 is 26.2 Å². The second-order valence-corrected chi connectivity index (χ2v) is 29.9. The van der Waals surface area contributed by atoms with E-state index >= 15 is 0 Å². The highest BCUT2D eigenvalue weighted by Crippen LogP contribution is 2.56. The molecule has 0 unspecified atom stereocenters. The van der Waals surface area contributed by atoms with Crippen LogP contribution in [0, 0.1) is 0 Å². The second kappa shape index (κ2) is 25.1. The molecule has 2 aromatic heterocycles. The molecule has 0 atom stereocenters. The Balaban J connectivity index is 1.10. The van der Waals surface area contributed by atoms with Gasteiger partial charge in [-0.2, -0.15) is 0 Å². The maximum absolute atomic E-state index is 12.0. The molecular weight excluding hydrogens is 1290 g/mol. The van der Waals surface area contributed by atoms with Crippen LogP contribution in [0.2, 0.25) is 0 Å². The van der Waals surface area contributed by atoms with Crippen LogP contribution in [0.4, 0.5) is 34.1 Å². The molecule has 0 N–H and O–H groups in total. The number of rotatable bonds is 10. The minimum absolute atomic E-state index is 0.0364. The summed E-state index contributed by atoms with van der Waals surface area (Å²) in [5, 5.41) is -2.33. The van der Waals surface area contributed by atoms with Gasteiger partial charge in [-0.25, -0.2) is 0 Å². The molecule has 0 saturated carbocycles. The second-order valence-electron chi connectivity index (χ2n) is 29.9. The van der Waals surface area contributed by atoms with Gasteiger partial charge in [0.05, 0.1) is 77.3 Å². The van der Waals surface area contributed by atoms with E-state index < -0.39 is 316 Å². The van der Waals surface area contributed by atoms with Gasteiger partial charge in [-0.3, -0.25) is 0 Å². The number of fused-ring (bicyclic) bond motifs is 10. The van der Waals surface area contributed by atoms with Crippen LogP contribution in [0.15, 0.2) is 339 Å². The zero-order chi connectivity index (χ0) is 100. The molecule has 0 fully saturated rings. The van der Waals surface area contributed by atoms with Crippen molar-refractivity contribution in [1.29, 1.82) is 0 Å². The van der Waals surface area contributed by atoms with E-state index in [0.717, 1.165) is 20.3 Å². The number of anilines is 6. The molecule has 2 aliphatic heterocycles. The Morgan fingerprint density at radius 1 is 0.271 bits per heavy atom. The summed E-state index contributed by atoms with van der Waals surface area (Å²) in [6.45, 7) is 15.3. The molecule has 0 aliphatic carbocycles. The van der Waals surface area contributed by atoms with Crippen LogP contribution in [-0.2, 0) is 16.2 Å². The van der Waals surface area contributed by atoms with Crippen LogP contribution in [0.5, 0.6) is 0 Å². The first-order valence-corrected chi connectivity index (χ1v) is 35.3. The number of para-hydroxylation sites is 2. The number of hydrogen-bond donors (Lipinski definition) is 0. The highest BCUT2D eigenvalue weighted by atomic mass is 15.2. The zero-order valence-electron chi connectivity index (χ0n) is 91.7. The lowest BCUT2D eigenvalue weighted by Crippen LogP contribution is -2.61. The van der Waals surface area contributed by atoms with E-state index in [2.05, 4.69) is 0 Å². The Kier molecular flexibility index (Phi) is 9.31. The highest BCUT2D eigenvalue weighted by molar-refractivity contribution is 7.00. The first-order valence-electron chi connectivity index (χ1n) is 51.3. The van der Waals surface area contributed by atoms with Gasteiger partial charge >= 0.3 is 0 Å². The maximum atomic E-state index is 12.0. The summed E-state index contributed by atoms with van der Waals surface area (Å²) in [4.78, 5) is 3.18. The van der Waals surface area contributed by atoms with Gasteiger partial charge in [0.1, 0.15) is 0 Å². The minimum Gasteiger partial charge on any atom is -0.310 e. The van der Waals surface area contributed by atoms with Gasteiger partial charge in [0.25, 0.3) is 6.71 Å². The Bertz CT molecular complexity index is 7740. The summed E-state index contributed by atoms with van der Waals surface area (Å²) in [5.41, 5.74) is -6.86. The predicted molar refractivity (Wildman–Crippen MR) is 458 cm³/mol. The zero-order valence-corrected chi connectivity index (χ0v) is 59.7. The largest absolute Gasteiger partial charge is 0.310 e. The molecule has 0 spiro atoms. The van der Waals surface area contributed by atoms with Gasteiger partial charge in [0.2, 0.25) is 0 Å². The summed E-state index contributed by atoms with van der Waals surface area (Å²) in [6, 6.07) is 16.0. The average molecular weight is 1410 g/mol. The van der Waals surface area contributed by atoms with Gasteiger partial charge < -0.3 is 18.9 Å². The Morgan fingerprint density at radius 2 is 0.598 bits per heavy atom. The third-order valence-electron chi connectivity index (χ3n) is 20.1. The molecule has 19 rings (SSSR count). The summed E-state index contributed by atoms with van der Waals surface area (Å²) in [7, 11) is 0. The quantitative estimate of drug-likeness (QED) is 0.127. The number of hydrogen-bond acceptors (Lipinski definition) is 2. The standard InChI is InChI=1S/C102H83BN4/c1-100(2,3)74-58-81(68-36-20-12-21-37-68)98(82(59-74)69-38-22-13-23-39-69)106-93-64-77(104-89-46-30-28-44-79(89)85-56-72(48-54-91(85)104)66-32-16-10-17-33-66)50-52-87(93)103-88-53-51-78(105-90-47-31-29-45-80(90)86-57-73(49-55-92(86)105)67-34-18-11-19-35-67)65-94(88)107(96-63-76(102(7,8)9)62-95(106)97(96)103)99-83(70-40-24-14-25-41-70)60-75(101(4,5)6)61-84(99)71-42-26-15-27-43-71/h10-65H,1-9H3/i10D,11D,16D,17D,18D,19D,28D,29D,30D,31D,32D,33D,34D,35D,44D,45D,46D,47D,48D,49D,50D,51D,52D,53D,54D,55D,56D,57D,62D,63D,64D,65D. The fourth-order valence-electron chi connectivity index (χ4n) is 14.9. The molecule has 5 heteroatoms. The van der Waals surface area contributed by atoms with Crippen molar-refractivity contribution < 1.29 is 43.9 Å². The molecule has 4 nitrogen and oxygen atoms in total. The molecule has 0 amide bonds. The van der Waals surface area contributed by atoms with Crippen molar-refractivity contribution >= 4 is 101 Å². The first kappa shape index (κ1) is 39.6. The van der Waals surface area contributed by atoms with Crippen molar-refractivity contribution in [2.24, 2.45) is 0 Å². The maximum Gasteiger partial charge on any atom is 0.252 e. The first-order chi connectivity index (χ1) is 65.4. The normalized spacial score (nSPS) is 17.0. The topological polar surface area (TPSA) is 16.3 Å². The fourth-order valence-corrected chi connectivity index (χ4v) is 14.9. The van der Waals surface area contributed by atoms with Gasteiger partial charge in [0.15, 0.2) is 0 Å². The molecule has 2 aliphatic rings. The van der Waals surface area contributed by atoms with E-state index in [-0.39, 0.29) is 33.8 Å². The van der Waals surface area contributed by atoms with Gasteiger partial charge in [-0.1, -0.05) is 304 Å². The van der Waals surface area contributed by atoms with E-state index in [1.165, 1.54) is 0 Å². The van der Waals surface area contributed by atoms with Crippen molar-refractivity contribution in [3.05, 3.63) is 356 Å². The smallest absolute Gasteiger partial charge is 0.252 e. The molecule has 0 saturated heterocycles. The summed E-state index contributed by atoms with van der Waals surface area (Å²) >= 11 is 0. The van der Waals surface area contributed by atoms with E-state index in [1.54, 1.807) is 103 Å². The SMILES string of the molecule is [2H]c1c([2H])c([2H])c(-c2c([2H])c([2H])c3c(c2[2H])c2c([2H])c([2H])c([2H])c([2H])c2n3-c2c([2H])c([2H])c3c(c2[2H])N(c2c(-c4ccccc4)cc(C(C)(C)C)cc2-c2ccccc2)c2c([2H])c(C(C)(C)C)c([2H])c4c2B3c2c([2H])c([2H])c(-n3c5c([2H])c([2H])c([2H])c([2H])c5c5c([2H])c(-c6c([2H])c([2H])c([2H])c([2H])c6[2H])c([2H])c([2H])c53)c([2H])c2N4c2c(-c3ccccc3)cc(C(C)(C)C)cc2-c2ccccc2)c([2H])c1[2H]. The van der Waals surface area contributed by atoms with Gasteiger partial charge in [0, 0.05) is 77.9 Å². The van der Waals surface area contributed by atoms with Crippen LogP contribution in [0.25, 0.3) is 122 Å². The lowest BCUT2D eigenvalue weighted by molar-refractivity contribution is 0.590. The van der Waals surface area contributed by atoms with E-state index in [4.69, 9.17) is 8.22 Å². The Hall–Kier alpha value is -12.4. The van der Waals surface area contributed by atoms with Gasteiger partial charge in [-0.05, 0) is 191 Å². The monoisotopic (exact) mass is 1410 g/mol. The molecule has 15 aromatic carbocycles. The Labute approximate surface area is 673 Å². The predicted octanol–water partition coefficient (Wildman–Crippen LogP) is 25.9. The fraction of sp³-hybridized carbons (Fsp3) is 0.118. The third kappa shape index (κ3) is 11.0. The van der Waals surface area contributed by atoms with Crippen molar-refractivity contribution in [1.82, 2.24) is 9.13 Å². The summed E-state index contributed by atoms with van der Waals surface area (Å²) in [6.07, 6.45) is 0. The van der Waals surface area contributed by atoms with Crippen LogP contribution in [0.3, 0.4) is 0 Å². The van der Waals surface area contributed by atoms with Crippen molar-refractivity contribution in [3.63, 3.8) is 0 Å². The number of benzene rings is 15. The van der Waals surface area contributed by atoms with E-state index in [1.807, 2.05) is 114 Å². The molecule has 0 bridgehead atoms. The van der Waals surface area contributed by atoms with Crippen LogP contribution in [0.1, 0.15) is 123 Å². The van der Waals surface area contributed by atoms with Crippen molar-refractivity contribution in [2.75, 3.05) is 9.80 Å². The van der Waals surface area contributed by atoms with Gasteiger partial charge in [-0.15, -0.1) is 0 Å². The molecule has 4 heterocycles. The lowest BCUT2D eigenvalue weighted by atomic mass is 9.33. The van der Waals surface area contributed by atoms with Crippen LogP contribution in [-0.4, -0.2) is 15.8 Å². The van der Waals surface area contributed by atoms with Crippen molar-refractivity contribution in [2.45, 2.75) is 78.6 Å². The summed E-state index contributed by atoms with van der Waals surface area (Å²) in [5.74, 6) is 0. The van der Waals surface area contributed by atoms with Crippen LogP contribution >= 0.6 is 0 Å². The molecule has 107 heavy (non-hydrogen) atoms. The van der Waals surface area contributed by atoms with Crippen molar-refractivity contribution in [3.8, 4) is 78.1 Å². The number of aromatic nitrogens is 2. The molecule has 0 radical (unpaired) electrons. The minimum atomic E-state index is -2.04. The van der Waals surface area contributed by atoms with E-state index in [0.29, 0.717) is 44.5 Å². The average Bonchev–Trinajstić information content (AvgIpc) is 1.27. The third-order valence-corrected chi connectivity index (χ3v) is 20.1. The molecule has 17 aromatic rings. The molecule has 514 valence electrons. The molecular formula is C102H83BN4. The van der Waals surface area contributed by atoms with E-state index in [9.17, 15) is 35.6 Å². The number of nitrogens with zero attached hydrogens (tertiary/aromatic N) is 4.